The summed E-state index contributed by atoms with van der Waals surface area (Å²) in [4.78, 5) is 4.17. The quantitative estimate of drug-likeness (QED) is 0.702. The number of nitrogens with one attached hydrogen (secondary N) is 2. The van der Waals surface area contributed by atoms with Crippen molar-refractivity contribution in [3.8, 4) is 0 Å². The normalized spacial score (nSPS) is 11.3. The number of pyridine rings is 1. The zero-order valence-electron chi connectivity index (χ0n) is 13.4. The van der Waals surface area contributed by atoms with E-state index in [1.807, 2.05) is 6.07 Å². The number of nitrogens with zero attached hydrogens (tertiary/aromatic N) is 1. The molecule has 0 radical (unpaired) electrons. The predicted octanol–water partition coefficient (Wildman–Crippen LogP) is 3.54. The van der Waals surface area contributed by atoms with Crippen LogP contribution in [0.3, 0.4) is 0 Å². The van der Waals surface area contributed by atoms with Gasteiger partial charge in [-0.25, -0.2) is 17.8 Å². The summed E-state index contributed by atoms with van der Waals surface area (Å²) in [5.74, 6) is 0.862. The minimum atomic E-state index is -3.81. The van der Waals surface area contributed by atoms with Crippen molar-refractivity contribution in [2.75, 3.05) is 10.0 Å². The van der Waals surface area contributed by atoms with Crippen LogP contribution in [-0.2, 0) is 16.6 Å². The fraction of sp³-hybridized carbons (Fsp3) is 0.118. The van der Waals surface area contributed by atoms with E-state index in [-0.39, 0.29) is 4.90 Å². The van der Waals surface area contributed by atoms with Crippen LogP contribution in [0.15, 0.2) is 64.2 Å². The van der Waals surface area contributed by atoms with E-state index in [0.29, 0.717) is 23.6 Å². The van der Waals surface area contributed by atoms with Crippen molar-refractivity contribution < 1.29 is 17.2 Å². The molecule has 0 saturated carbocycles. The van der Waals surface area contributed by atoms with Gasteiger partial charge in [0.2, 0.25) is 0 Å². The van der Waals surface area contributed by atoms with Crippen LogP contribution < -0.4 is 10.0 Å². The molecule has 0 atom stereocenters. The van der Waals surface area contributed by atoms with Crippen LogP contribution in [0.25, 0.3) is 0 Å². The van der Waals surface area contributed by atoms with Crippen LogP contribution >= 0.6 is 0 Å². The zero-order chi connectivity index (χ0) is 17.9. The summed E-state index contributed by atoms with van der Waals surface area (Å²) in [5, 5.41) is 3.06. The number of sulfonamides is 1. The van der Waals surface area contributed by atoms with Gasteiger partial charge in [0.15, 0.2) is 0 Å². The van der Waals surface area contributed by atoms with Crippen molar-refractivity contribution in [3.05, 3.63) is 72.1 Å². The third-order valence-corrected chi connectivity index (χ3v) is 5.01. The lowest BCUT2D eigenvalue weighted by atomic mass is 10.2. The summed E-state index contributed by atoms with van der Waals surface area (Å²) < 4.78 is 45.6. The Morgan fingerprint density at radius 1 is 1.20 bits per heavy atom. The monoisotopic (exact) mass is 361 g/mol. The van der Waals surface area contributed by atoms with Crippen LogP contribution in [-0.4, -0.2) is 13.4 Å². The molecule has 3 rings (SSSR count). The minimum absolute atomic E-state index is 0.0221. The predicted molar refractivity (Wildman–Crippen MR) is 92.2 cm³/mol. The van der Waals surface area contributed by atoms with Gasteiger partial charge in [-0.15, -0.1) is 0 Å². The number of aryl methyl sites for hydroxylation is 1. The van der Waals surface area contributed by atoms with E-state index in [1.165, 1.54) is 25.3 Å². The van der Waals surface area contributed by atoms with Gasteiger partial charge in [-0.05, 0) is 55.0 Å². The second kappa shape index (κ2) is 6.94. The van der Waals surface area contributed by atoms with E-state index in [4.69, 9.17) is 4.42 Å². The van der Waals surface area contributed by atoms with E-state index < -0.39 is 15.8 Å². The Bertz CT molecular complexity index is 955. The number of hydrogen-bond acceptors (Lipinski definition) is 5. The molecular weight excluding hydrogens is 345 g/mol. The third kappa shape index (κ3) is 4.16. The molecule has 1 aromatic carbocycles. The molecule has 0 bridgehead atoms. The number of anilines is 2. The maximum Gasteiger partial charge on any atom is 0.262 e. The second-order valence-electron chi connectivity index (χ2n) is 5.38. The summed E-state index contributed by atoms with van der Waals surface area (Å²) in [6, 6.07) is 10.4. The van der Waals surface area contributed by atoms with Crippen molar-refractivity contribution >= 4 is 21.5 Å². The lowest BCUT2D eigenvalue weighted by Gasteiger charge is -2.11. The number of aromatic nitrogens is 1. The number of furan rings is 1. The van der Waals surface area contributed by atoms with Crippen molar-refractivity contribution in [2.24, 2.45) is 0 Å². The summed E-state index contributed by atoms with van der Waals surface area (Å²) in [7, 11) is -3.81. The molecule has 6 nitrogen and oxygen atoms in total. The zero-order valence-corrected chi connectivity index (χ0v) is 14.2. The highest BCUT2D eigenvalue weighted by molar-refractivity contribution is 7.92. The molecule has 8 heteroatoms. The summed E-state index contributed by atoms with van der Waals surface area (Å²) >= 11 is 0. The highest BCUT2D eigenvalue weighted by Crippen LogP contribution is 2.20. The Morgan fingerprint density at radius 2 is 2.04 bits per heavy atom. The lowest BCUT2D eigenvalue weighted by Crippen LogP contribution is -2.14. The van der Waals surface area contributed by atoms with Gasteiger partial charge in [-0.2, -0.15) is 0 Å². The van der Waals surface area contributed by atoms with E-state index in [9.17, 15) is 12.8 Å². The van der Waals surface area contributed by atoms with Gasteiger partial charge in [0.05, 0.1) is 29.6 Å². The Hall–Kier alpha value is -2.87. The first-order valence-electron chi connectivity index (χ1n) is 7.45. The smallest absolute Gasteiger partial charge is 0.262 e. The fourth-order valence-electron chi connectivity index (χ4n) is 2.27. The largest absolute Gasteiger partial charge is 0.467 e. The molecule has 0 aliphatic carbocycles. The highest BCUT2D eigenvalue weighted by atomic mass is 32.2. The number of rotatable bonds is 6. The van der Waals surface area contributed by atoms with Gasteiger partial charge in [-0.1, -0.05) is 0 Å². The summed E-state index contributed by atoms with van der Waals surface area (Å²) in [6.45, 7) is 2.01. The van der Waals surface area contributed by atoms with Crippen LogP contribution in [0.1, 0.15) is 11.3 Å². The Morgan fingerprint density at radius 3 is 2.68 bits per heavy atom. The molecule has 2 heterocycles. The SMILES string of the molecule is Cc1cc(F)ccc1S(=O)(=O)Nc1ccc(NCc2ccco2)nc1. The van der Waals surface area contributed by atoms with Crippen molar-refractivity contribution in [2.45, 2.75) is 18.4 Å². The fourth-order valence-corrected chi connectivity index (χ4v) is 3.55. The molecule has 0 aliphatic heterocycles. The third-order valence-electron chi connectivity index (χ3n) is 3.47. The van der Waals surface area contributed by atoms with Gasteiger partial charge in [0.25, 0.3) is 10.0 Å². The van der Waals surface area contributed by atoms with E-state index >= 15 is 0 Å². The second-order valence-corrected chi connectivity index (χ2v) is 7.03. The van der Waals surface area contributed by atoms with Gasteiger partial charge in [0, 0.05) is 0 Å². The van der Waals surface area contributed by atoms with Crippen molar-refractivity contribution in [3.63, 3.8) is 0 Å². The standard InChI is InChI=1S/C17H16FN3O3S/c1-12-9-13(18)4-6-16(12)25(22,23)21-14-5-7-17(19-10-14)20-11-15-3-2-8-24-15/h2-10,21H,11H2,1H3,(H,19,20). The van der Waals surface area contributed by atoms with Crippen molar-refractivity contribution in [1.29, 1.82) is 0 Å². The highest BCUT2D eigenvalue weighted by Gasteiger charge is 2.17. The molecule has 2 N–H and O–H groups in total. The molecule has 0 unspecified atom stereocenters. The molecular formula is C17H16FN3O3S. The molecule has 3 aromatic rings. The molecule has 0 saturated heterocycles. The van der Waals surface area contributed by atoms with Gasteiger partial charge >= 0.3 is 0 Å². The molecule has 0 aliphatic rings. The Kier molecular flexibility index (Phi) is 4.71. The first-order chi connectivity index (χ1) is 11.9. The number of benzene rings is 1. The van der Waals surface area contributed by atoms with Crippen molar-refractivity contribution in [1.82, 2.24) is 4.98 Å². The van der Waals surface area contributed by atoms with Crippen LogP contribution in [0.5, 0.6) is 0 Å². The van der Waals surface area contributed by atoms with Crippen LogP contribution in [0, 0.1) is 12.7 Å². The molecule has 0 amide bonds. The first kappa shape index (κ1) is 17.0. The van der Waals surface area contributed by atoms with Gasteiger partial charge in [-0.3, -0.25) is 4.72 Å². The molecule has 130 valence electrons. The number of hydrogen-bond donors (Lipinski definition) is 2. The molecule has 2 aromatic heterocycles. The average Bonchev–Trinajstić information content (AvgIpc) is 3.07. The first-order valence-corrected chi connectivity index (χ1v) is 8.94. The Labute approximate surface area is 144 Å². The number of halogens is 1. The lowest BCUT2D eigenvalue weighted by molar-refractivity contribution is 0.518. The summed E-state index contributed by atoms with van der Waals surface area (Å²) in [6.07, 6.45) is 2.99. The summed E-state index contributed by atoms with van der Waals surface area (Å²) in [5.41, 5.74) is 0.643. The van der Waals surface area contributed by atoms with Crippen LogP contribution in [0.2, 0.25) is 0 Å². The van der Waals surface area contributed by atoms with Gasteiger partial charge in [0.1, 0.15) is 17.4 Å². The van der Waals surface area contributed by atoms with Crippen LogP contribution in [0.4, 0.5) is 15.9 Å². The van der Waals surface area contributed by atoms with E-state index in [2.05, 4.69) is 15.0 Å². The maximum absolute atomic E-state index is 13.1. The molecule has 25 heavy (non-hydrogen) atoms. The maximum atomic E-state index is 13.1. The average molecular weight is 361 g/mol. The van der Waals surface area contributed by atoms with E-state index in [0.717, 1.165) is 11.8 Å². The molecule has 0 spiro atoms. The van der Waals surface area contributed by atoms with E-state index in [1.54, 1.807) is 24.5 Å². The molecule has 0 fully saturated rings. The topological polar surface area (TPSA) is 84.2 Å². The Balaban J connectivity index is 1.69. The van der Waals surface area contributed by atoms with Gasteiger partial charge < -0.3 is 9.73 Å². The minimum Gasteiger partial charge on any atom is -0.467 e.